The number of anilines is 1. The van der Waals surface area contributed by atoms with E-state index in [0.717, 1.165) is 5.56 Å². The predicted molar refractivity (Wildman–Crippen MR) is 96.2 cm³/mol. The number of hydrogen-bond donors (Lipinski definition) is 1. The molecule has 5 heteroatoms. The lowest BCUT2D eigenvalue weighted by molar-refractivity contribution is -0.148. The Balaban J connectivity index is 1.85. The van der Waals surface area contributed by atoms with Gasteiger partial charge in [0.2, 0.25) is 0 Å². The Morgan fingerprint density at radius 1 is 1.08 bits per heavy atom. The number of carbonyl (C=O) groups excluding carboxylic acids is 2. The van der Waals surface area contributed by atoms with Crippen molar-refractivity contribution >= 4 is 17.6 Å². The minimum absolute atomic E-state index is 0.393. The van der Waals surface area contributed by atoms with Gasteiger partial charge in [0.05, 0.1) is 0 Å². The Morgan fingerprint density at radius 2 is 1.76 bits per heavy atom. The molecule has 1 atom stereocenters. The van der Waals surface area contributed by atoms with Crippen LogP contribution < -0.4 is 10.1 Å². The van der Waals surface area contributed by atoms with Crippen LogP contribution >= 0.6 is 0 Å². The second-order valence-electron chi connectivity index (χ2n) is 5.37. The number of allylic oxidation sites excluding steroid dienone is 1. The number of ether oxygens (including phenoxy) is 2. The normalized spacial score (nSPS) is 11.8. The van der Waals surface area contributed by atoms with Gasteiger partial charge in [0.15, 0.2) is 6.10 Å². The van der Waals surface area contributed by atoms with E-state index >= 15 is 0 Å². The van der Waals surface area contributed by atoms with E-state index in [-0.39, 0.29) is 0 Å². The standard InChI is InChI=1S/C20H21NO4/c1-3-7-19(22)25-15(2)20(23)21-17-10-12-18(13-11-17)24-14-16-8-5-4-6-9-16/h3-13,15H,14H2,1-2H3,(H,21,23)/b7-3+/t15-/m1/s1. The SMILES string of the molecule is C/C=C/C(=O)O[C@H](C)C(=O)Nc1ccc(OCc2ccccc2)cc1. The largest absolute Gasteiger partial charge is 0.489 e. The molecular weight excluding hydrogens is 318 g/mol. The molecule has 0 unspecified atom stereocenters. The summed E-state index contributed by atoms with van der Waals surface area (Å²) in [5.41, 5.74) is 1.68. The highest BCUT2D eigenvalue weighted by molar-refractivity contribution is 5.95. The van der Waals surface area contributed by atoms with E-state index in [0.29, 0.717) is 18.0 Å². The van der Waals surface area contributed by atoms with Gasteiger partial charge in [-0.3, -0.25) is 4.79 Å². The maximum Gasteiger partial charge on any atom is 0.331 e. The molecule has 0 heterocycles. The van der Waals surface area contributed by atoms with Gasteiger partial charge < -0.3 is 14.8 Å². The summed E-state index contributed by atoms with van der Waals surface area (Å²) in [5.74, 6) is -0.236. The topological polar surface area (TPSA) is 64.6 Å². The quantitative estimate of drug-likeness (QED) is 0.617. The van der Waals surface area contributed by atoms with Gasteiger partial charge >= 0.3 is 5.97 Å². The van der Waals surface area contributed by atoms with Crippen molar-refractivity contribution < 1.29 is 19.1 Å². The smallest absolute Gasteiger partial charge is 0.331 e. The van der Waals surface area contributed by atoms with Crippen LogP contribution in [0.1, 0.15) is 19.4 Å². The van der Waals surface area contributed by atoms with E-state index in [2.05, 4.69) is 5.32 Å². The molecule has 2 rings (SSSR count). The summed E-state index contributed by atoms with van der Waals surface area (Å²) < 4.78 is 10.7. The molecule has 130 valence electrons. The molecule has 2 aromatic rings. The fourth-order valence-corrected chi connectivity index (χ4v) is 2.02. The molecule has 0 aliphatic heterocycles. The first-order valence-electron chi connectivity index (χ1n) is 7.99. The fourth-order valence-electron chi connectivity index (χ4n) is 2.02. The van der Waals surface area contributed by atoms with Gasteiger partial charge in [-0.2, -0.15) is 0 Å². The highest BCUT2D eigenvalue weighted by atomic mass is 16.5. The van der Waals surface area contributed by atoms with Gasteiger partial charge in [-0.15, -0.1) is 0 Å². The average Bonchev–Trinajstić information content (AvgIpc) is 2.62. The minimum atomic E-state index is -0.877. The highest BCUT2D eigenvalue weighted by Crippen LogP contribution is 2.17. The lowest BCUT2D eigenvalue weighted by Crippen LogP contribution is -2.29. The lowest BCUT2D eigenvalue weighted by atomic mass is 10.2. The van der Waals surface area contributed by atoms with Crippen LogP contribution in [0.25, 0.3) is 0 Å². The van der Waals surface area contributed by atoms with Crippen molar-refractivity contribution in [2.45, 2.75) is 26.6 Å². The summed E-state index contributed by atoms with van der Waals surface area (Å²) in [7, 11) is 0. The van der Waals surface area contributed by atoms with Crippen molar-refractivity contribution in [2.75, 3.05) is 5.32 Å². The number of hydrogen-bond acceptors (Lipinski definition) is 4. The number of carbonyl (C=O) groups is 2. The van der Waals surface area contributed by atoms with E-state index in [1.54, 1.807) is 37.3 Å². The van der Waals surface area contributed by atoms with Gasteiger partial charge in [0.25, 0.3) is 5.91 Å². The first-order valence-corrected chi connectivity index (χ1v) is 7.99. The van der Waals surface area contributed by atoms with Crippen molar-refractivity contribution in [1.29, 1.82) is 0 Å². The van der Waals surface area contributed by atoms with Crippen molar-refractivity contribution in [3.8, 4) is 5.75 Å². The van der Waals surface area contributed by atoms with E-state index in [1.165, 1.54) is 13.0 Å². The summed E-state index contributed by atoms with van der Waals surface area (Å²) in [4.78, 5) is 23.3. The highest BCUT2D eigenvalue weighted by Gasteiger charge is 2.16. The van der Waals surface area contributed by atoms with E-state index in [9.17, 15) is 9.59 Å². The third kappa shape index (κ3) is 6.14. The lowest BCUT2D eigenvalue weighted by Gasteiger charge is -2.13. The number of benzene rings is 2. The molecule has 0 bridgehead atoms. The molecule has 1 N–H and O–H groups in total. The van der Waals surface area contributed by atoms with Crippen LogP contribution in [0.4, 0.5) is 5.69 Å². The van der Waals surface area contributed by atoms with Gasteiger partial charge in [0.1, 0.15) is 12.4 Å². The number of esters is 1. The Morgan fingerprint density at radius 3 is 2.40 bits per heavy atom. The molecular formula is C20H21NO4. The summed E-state index contributed by atoms with van der Waals surface area (Å²) in [6, 6.07) is 16.9. The van der Waals surface area contributed by atoms with Crippen LogP contribution in [0, 0.1) is 0 Å². The Bertz CT molecular complexity index is 723. The third-order valence-electron chi connectivity index (χ3n) is 3.34. The third-order valence-corrected chi connectivity index (χ3v) is 3.34. The molecule has 0 fully saturated rings. The van der Waals surface area contributed by atoms with Crippen molar-refractivity contribution in [2.24, 2.45) is 0 Å². The number of nitrogens with one attached hydrogen (secondary N) is 1. The van der Waals surface area contributed by atoms with E-state index in [4.69, 9.17) is 9.47 Å². The zero-order valence-electron chi connectivity index (χ0n) is 14.3. The van der Waals surface area contributed by atoms with Crippen molar-refractivity contribution in [1.82, 2.24) is 0 Å². The molecule has 25 heavy (non-hydrogen) atoms. The maximum atomic E-state index is 12.0. The first kappa shape index (κ1) is 18.3. The van der Waals surface area contributed by atoms with Crippen LogP contribution in [0.5, 0.6) is 5.75 Å². The minimum Gasteiger partial charge on any atom is -0.489 e. The van der Waals surface area contributed by atoms with E-state index in [1.807, 2.05) is 30.3 Å². The Kier molecular flexibility index (Phi) is 6.77. The summed E-state index contributed by atoms with van der Waals surface area (Å²) >= 11 is 0. The number of amides is 1. The Hall–Kier alpha value is -3.08. The maximum absolute atomic E-state index is 12.0. The number of rotatable bonds is 7. The van der Waals surface area contributed by atoms with Gasteiger partial charge in [-0.25, -0.2) is 4.79 Å². The fraction of sp³-hybridized carbons (Fsp3) is 0.200. The van der Waals surface area contributed by atoms with Gasteiger partial charge in [-0.05, 0) is 43.7 Å². The molecule has 0 aliphatic rings. The van der Waals surface area contributed by atoms with Gasteiger partial charge in [-0.1, -0.05) is 36.4 Å². The monoisotopic (exact) mass is 339 g/mol. The second kappa shape index (κ2) is 9.27. The molecule has 0 radical (unpaired) electrons. The molecule has 0 spiro atoms. The molecule has 2 aromatic carbocycles. The zero-order chi connectivity index (χ0) is 18.1. The molecule has 0 saturated carbocycles. The van der Waals surface area contributed by atoms with E-state index < -0.39 is 18.0 Å². The molecule has 5 nitrogen and oxygen atoms in total. The summed E-state index contributed by atoms with van der Waals surface area (Å²) in [5, 5.41) is 2.69. The van der Waals surface area contributed by atoms with Crippen LogP contribution in [-0.4, -0.2) is 18.0 Å². The predicted octanol–water partition coefficient (Wildman–Crippen LogP) is 3.71. The summed E-state index contributed by atoms with van der Waals surface area (Å²) in [6.45, 7) is 3.70. The van der Waals surface area contributed by atoms with Crippen LogP contribution in [0.15, 0.2) is 66.7 Å². The molecule has 1 amide bonds. The zero-order valence-corrected chi connectivity index (χ0v) is 14.3. The summed E-state index contributed by atoms with van der Waals surface area (Å²) in [6.07, 6.45) is 1.95. The van der Waals surface area contributed by atoms with Gasteiger partial charge in [0, 0.05) is 11.8 Å². The van der Waals surface area contributed by atoms with Crippen LogP contribution in [0.3, 0.4) is 0 Å². The van der Waals surface area contributed by atoms with Crippen molar-refractivity contribution in [3.63, 3.8) is 0 Å². The van der Waals surface area contributed by atoms with Crippen LogP contribution in [0.2, 0.25) is 0 Å². The Labute approximate surface area is 147 Å². The first-order chi connectivity index (χ1) is 12.1. The van der Waals surface area contributed by atoms with Crippen LogP contribution in [-0.2, 0) is 20.9 Å². The average molecular weight is 339 g/mol. The molecule has 0 aromatic heterocycles. The van der Waals surface area contributed by atoms with Crippen molar-refractivity contribution in [3.05, 3.63) is 72.3 Å². The molecule has 0 aliphatic carbocycles. The molecule has 0 saturated heterocycles. The second-order valence-corrected chi connectivity index (χ2v) is 5.37.